The number of aromatic nitrogens is 1. The summed E-state index contributed by atoms with van der Waals surface area (Å²) in [6, 6.07) is 1.43. The van der Waals surface area contributed by atoms with Crippen LogP contribution in [0, 0.1) is 0 Å². The number of hydrogen-bond acceptors (Lipinski definition) is 5. The minimum absolute atomic E-state index is 0.171. The molecule has 0 aliphatic heterocycles. The van der Waals surface area contributed by atoms with Crippen molar-refractivity contribution in [2.75, 3.05) is 0 Å². The van der Waals surface area contributed by atoms with Crippen LogP contribution >= 0.6 is 0 Å². The number of carboxylic acid groups (broad SMARTS) is 1. The average molecular weight is 250 g/mol. The third kappa shape index (κ3) is 2.78. The fraction of sp³-hybridized carbons (Fsp3) is 0.333. The highest BCUT2D eigenvalue weighted by atomic mass is 16.4. The summed E-state index contributed by atoms with van der Waals surface area (Å²) in [7, 11) is 0. The minimum atomic E-state index is -0.995. The van der Waals surface area contributed by atoms with E-state index in [0.717, 1.165) is 12.2 Å². The SMILES string of the molecule is CCc1cnc(CNCc2occc2C(=O)O)o1. The molecule has 0 bridgehead atoms. The molecule has 2 aromatic heterocycles. The number of aryl methyl sites for hydroxylation is 1. The van der Waals surface area contributed by atoms with Crippen LogP contribution in [0.5, 0.6) is 0 Å². The van der Waals surface area contributed by atoms with Crippen molar-refractivity contribution in [3.8, 4) is 0 Å². The largest absolute Gasteiger partial charge is 0.478 e. The minimum Gasteiger partial charge on any atom is -0.478 e. The summed E-state index contributed by atoms with van der Waals surface area (Å²) in [5.74, 6) is 0.806. The first-order valence-corrected chi connectivity index (χ1v) is 5.64. The summed E-state index contributed by atoms with van der Waals surface area (Å²) in [6.45, 7) is 2.73. The Morgan fingerprint density at radius 2 is 2.33 bits per heavy atom. The molecule has 6 nitrogen and oxygen atoms in total. The summed E-state index contributed by atoms with van der Waals surface area (Å²) in [5.41, 5.74) is 0.171. The highest BCUT2D eigenvalue weighted by Crippen LogP contribution is 2.10. The van der Waals surface area contributed by atoms with Gasteiger partial charge in [0.15, 0.2) is 0 Å². The highest BCUT2D eigenvalue weighted by molar-refractivity contribution is 5.88. The van der Waals surface area contributed by atoms with E-state index in [1.54, 1.807) is 6.20 Å². The molecule has 96 valence electrons. The lowest BCUT2D eigenvalue weighted by atomic mass is 10.2. The van der Waals surface area contributed by atoms with E-state index in [0.29, 0.717) is 24.7 Å². The van der Waals surface area contributed by atoms with Gasteiger partial charge in [-0.15, -0.1) is 0 Å². The summed E-state index contributed by atoms with van der Waals surface area (Å²) >= 11 is 0. The Morgan fingerprint density at radius 3 is 3.00 bits per heavy atom. The van der Waals surface area contributed by atoms with E-state index in [4.69, 9.17) is 13.9 Å². The van der Waals surface area contributed by atoms with E-state index in [1.807, 2.05) is 6.92 Å². The maximum Gasteiger partial charge on any atom is 0.339 e. The van der Waals surface area contributed by atoms with Gasteiger partial charge in [-0.2, -0.15) is 0 Å². The Hall–Kier alpha value is -2.08. The zero-order valence-corrected chi connectivity index (χ0v) is 9.97. The summed E-state index contributed by atoms with van der Waals surface area (Å²) in [4.78, 5) is 14.9. The summed E-state index contributed by atoms with van der Waals surface area (Å²) in [6.07, 6.45) is 3.85. The Balaban J connectivity index is 1.88. The van der Waals surface area contributed by atoms with Crippen LogP contribution in [0.4, 0.5) is 0 Å². The molecule has 2 aromatic rings. The number of nitrogens with one attached hydrogen (secondary N) is 1. The van der Waals surface area contributed by atoms with Gasteiger partial charge >= 0.3 is 5.97 Å². The maximum atomic E-state index is 10.8. The molecule has 0 fully saturated rings. The Morgan fingerprint density at radius 1 is 1.50 bits per heavy atom. The van der Waals surface area contributed by atoms with Crippen molar-refractivity contribution in [3.63, 3.8) is 0 Å². The lowest BCUT2D eigenvalue weighted by Crippen LogP contribution is -2.14. The molecule has 0 radical (unpaired) electrons. The molecule has 6 heteroatoms. The van der Waals surface area contributed by atoms with Crippen LogP contribution in [0.25, 0.3) is 0 Å². The second kappa shape index (κ2) is 5.50. The van der Waals surface area contributed by atoms with Crippen LogP contribution in [0.2, 0.25) is 0 Å². The molecule has 2 rings (SSSR count). The van der Waals surface area contributed by atoms with Gasteiger partial charge in [0.2, 0.25) is 5.89 Å². The number of carbonyl (C=O) groups is 1. The molecular weight excluding hydrogens is 236 g/mol. The molecule has 0 saturated heterocycles. The van der Waals surface area contributed by atoms with E-state index >= 15 is 0 Å². The summed E-state index contributed by atoms with van der Waals surface area (Å²) in [5, 5.41) is 11.9. The quantitative estimate of drug-likeness (QED) is 0.812. The Kier molecular flexibility index (Phi) is 3.78. The number of oxazole rings is 1. The van der Waals surface area contributed by atoms with Crippen LogP contribution in [-0.4, -0.2) is 16.1 Å². The molecule has 0 atom stereocenters. The van der Waals surface area contributed by atoms with Crippen LogP contribution in [0.1, 0.15) is 34.7 Å². The predicted molar refractivity (Wildman–Crippen MR) is 62.1 cm³/mol. The van der Waals surface area contributed by atoms with Crippen molar-refractivity contribution in [2.45, 2.75) is 26.4 Å². The van der Waals surface area contributed by atoms with Crippen LogP contribution in [0.3, 0.4) is 0 Å². The molecule has 0 aliphatic carbocycles. The maximum absolute atomic E-state index is 10.8. The van der Waals surface area contributed by atoms with Gasteiger partial charge in [0, 0.05) is 6.42 Å². The smallest absolute Gasteiger partial charge is 0.339 e. The van der Waals surface area contributed by atoms with E-state index in [2.05, 4.69) is 10.3 Å². The molecule has 0 spiro atoms. The molecular formula is C12H14N2O4. The van der Waals surface area contributed by atoms with Gasteiger partial charge in [-0.05, 0) is 6.07 Å². The van der Waals surface area contributed by atoms with Gasteiger partial charge in [0.05, 0.1) is 25.5 Å². The standard InChI is InChI=1S/C12H14N2O4/c1-2-8-5-14-11(18-8)7-13-6-10-9(12(15)16)3-4-17-10/h3-5,13H,2,6-7H2,1H3,(H,15,16). The van der Waals surface area contributed by atoms with E-state index in [9.17, 15) is 4.79 Å². The number of furan rings is 1. The topological polar surface area (TPSA) is 88.5 Å². The third-order valence-electron chi connectivity index (χ3n) is 2.49. The van der Waals surface area contributed by atoms with Gasteiger partial charge in [0.25, 0.3) is 0 Å². The summed E-state index contributed by atoms with van der Waals surface area (Å²) < 4.78 is 10.5. The van der Waals surface area contributed by atoms with Crippen molar-refractivity contribution < 1.29 is 18.7 Å². The molecule has 0 amide bonds. The molecule has 0 unspecified atom stereocenters. The normalized spacial score (nSPS) is 10.7. The van der Waals surface area contributed by atoms with E-state index in [1.165, 1.54) is 12.3 Å². The first-order chi connectivity index (χ1) is 8.70. The van der Waals surface area contributed by atoms with Crippen LogP contribution < -0.4 is 5.32 Å². The number of aromatic carboxylic acids is 1. The highest BCUT2D eigenvalue weighted by Gasteiger charge is 2.12. The van der Waals surface area contributed by atoms with Crippen LogP contribution in [-0.2, 0) is 19.5 Å². The number of hydrogen-bond donors (Lipinski definition) is 2. The Bertz CT molecular complexity index is 530. The van der Waals surface area contributed by atoms with Crippen LogP contribution in [0.15, 0.2) is 27.4 Å². The second-order valence-corrected chi connectivity index (χ2v) is 3.74. The number of rotatable bonds is 6. The number of carboxylic acids is 1. The van der Waals surface area contributed by atoms with Crippen molar-refractivity contribution in [2.24, 2.45) is 0 Å². The van der Waals surface area contributed by atoms with Gasteiger partial charge in [-0.3, -0.25) is 0 Å². The van der Waals surface area contributed by atoms with E-state index < -0.39 is 5.97 Å². The van der Waals surface area contributed by atoms with Gasteiger partial charge in [-0.1, -0.05) is 6.92 Å². The fourth-order valence-corrected chi connectivity index (χ4v) is 1.54. The van der Waals surface area contributed by atoms with Gasteiger partial charge in [0.1, 0.15) is 17.1 Å². The average Bonchev–Trinajstić information content (AvgIpc) is 2.97. The zero-order chi connectivity index (χ0) is 13.0. The fourth-order valence-electron chi connectivity index (χ4n) is 1.54. The molecule has 0 saturated carbocycles. The van der Waals surface area contributed by atoms with Crippen molar-refractivity contribution in [3.05, 3.63) is 41.5 Å². The molecule has 2 heterocycles. The second-order valence-electron chi connectivity index (χ2n) is 3.74. The molecule has 18 heavy (non-hydrogen) atoms. The number of nitrogens with zero attached hydrogens (tertiary/aromatic N) is 1. The molecule has 0 aromatic carbocycles. The van der Waals surface area contributed by atoms with Crippen molar-refractivity contribution in [1.29, 1.82) is 0 Å². The lowest BCUT2D eigenvalue weighted by molar-refractivity contribution is 0.0694. The first kappa shape index (κ1) is 12.4. The van der Waals surface area contributed by atoms with Gasteiger partial charge in [-0.25, -0.2) is 9.78 Å². The lowest BCUT2D eigenvalue weighted by Gasteiger charge is -2.00. The van der Waals surface area contributed by atoms with E-state index in [-0.39, 0.29) is 5.56 Å². The zero-order valence-electron chi connectivity index (χ0n) is 9.97. The molecule has 2 N–H and O–H groups in total. The Labute approximate surface area is 104 Å². The molecule has 0 aliphatic rings. The first-order valence-electron chi connectivity index (χ1n) is 5.64. The predicted octanol–water partition coefficient (Wildman–Crippen LogP) is 1.82. The monoisotopic (exact) mass is 250 g/mol. The van der Waals surface area contributed by atoms with Crippen molar-refractivity contribution >= 4 is 5.97 Å². The van der Waals surface area contributed by atoms with Crippen molar-refractivity contribution in [1.82, 2.24) is 10.3 Å². The van der Waals surface area contributed by atoms with Gasteiger partial charge < -0.3 is 19.3 Å². The third-order valence-corrected chi connectivity index (χ3v) is 2.49.